The van der Waals surface area contributed by atoms with Crippen molar-refractivity contribution in [2.24, 2.45) is 0 Å². The molecule has 1 N–H and O–H groups in total. The molecule has 0 bridgehead atoms. The minimum atomic E-state index is -0.169. The fourth-order valence-corrected chi connectivity index (χ4v) is 2.02. The number of amides is 1. The largest absolute Gasteiger partial charge is 0.497 e. The van der Waals surface area contributed by atoms with Crippen molar-refractivity contribution < 1.29 is 19.0 Å². The number of anilines is 1. The molecule has 1 aromatic carbocycles. The van der Waals surface area contributed by atoms with Crippen LogP contribution < -0.4 is 19.5 Å². The Morgan fingerprint density at radius 2 is 1.78 bits per heavy atom. The molecule has 6 nitrogen and oxygen atoms in total. The third kappa shape index (κ3) is 4.88. The smallest absolute Gasteiger partial charge is 0.230 e. The van der Waals surface area contributed by atoms with E-state index in [1.54, 1.807) is 50.7 Å². The minimum Gasteiger partial charge on any atom is -0.497 e. The number of hydrogen-bond donors (Lipinski definition) is 1. The van der Waals surface area contributed by atoms with Gasteiger partial charge in [0.25, 0.3) is 0 Å². The molecule has 0 aliphatic rings. The number of aromatic nitrogens is 1. The number of hydrogen-bond acceptors (Lipinski definition) is 5. The number of rotatable bonds is 7. The molecule has 0 spiro atoms. The van der Waals surface area contributed by atoms with Crippen LogP contribution in [0.5, 0.6) is 17.2 Å². The molecular weight excluding hydrogens is 296 g/mol. The first-order valence-corrected chi connectivity index (χ1v) is 7.25. The predicted octanol–water partition coefficient (Wildman–Crippen LogP) is 2.68. The number of carbonyl (C=O) groups is 1. The van der Waals surface area contributed by atoms with Crippen molar-refractivity contribution in [2.45, 2.75) is 13.3 Å². The van der Waals surface area contributed by atoms with Gasteiger partial charge in [-0.1, -0.05) is 0 Å². The molecule has 2 aromatic rings. The third-order valence-corrected chi connectivity index (χ3v) is 3.09. The van der Waals surface area contributed by atoms with Gasteiger partial charge in [0.1, 0.15) is 17.2 Å². The van der Waals surface area contributed by atoms with E-state index in [0.717, 1.165) is 0 Å². The molecule has 0 atom stereocenters. The summed E-state index contributed by atoms with van der Waals surface area (Å²) in [5.41, 5.74) is 1.28. The van der Waals surface area contributed by atoms with Crippen LogP contribution in [0.25, 0.3) is 0 Å². The van der Waals surface area contributed by atoms with Crippen molar-refractivity contribution >= 4 is 11.6 Å². The van der Waals surface area contributed by atoms with Gasteiger partial charge in [-0.15, -0.1) is 0 Å². The van der Waals surface area contributed by atoms with E-state index in [1.807, 2.05) is 6.92 Å². The van der Waals surface area contributed by atoms with Crippen molar-refractivity contribution in [3.8, 4) is 17.2 Å². The Bertz CT molecular complexity index is 634. The average molecular weight is 316 g/mol. The SMILES string of the molecule is CCOc1ccc(CC(=O)Nc2cc(OC)cc(OC)c2)nc1. The van der Waals surface area contributed by atoms with Gasteiger partial charge in [-0.3, -0.25) is 9.78 Å². The van der Waals surface area contributed by atoms with Crippen LogP contribution in [0.15, 0.2) is 36.5 Å². The second kappa shape index (κ2) is 8.03. The zero-order valence-electron chi connectivity index (χ0n) is 13.5. The molecule has 0 saturated carbocycles. The van der Waals surface area contributed by atoms with Crippen LogP contribution in [-0.4, -0.2) is 31.7 Å². The number of nitrogens with one attached hydrogen (secondary N) is 1. The highest BCUT2D eigenvalue weighted by atomic mass is 16.5. The van der Waals surface area contributed by atoms with E-state index < -0.39 is 0 Å². The molecule has 2 rings (SSSR count). The normalized spacial score (nSPS) is 10.0. The summed E-state index contributed by atoms with van der Waals surface area (Å²) in [5, 5.41) is 2.81. The summed E-state index contributed by atoms with van der Waals surface area (Å²) in [6.07, 6.45) is 1.78. The van der Waals surface area contributed by atoms with Crippen LogP contribution in [0.3, 0.4) is 0 Å². The Morgan fingerprint density at radius 1 is 1.09 bits per heavy atom. The van der Waals surface area contributed by atoms with Gasteiger partial charge in [-0.25, -0.2) is 0 Å². The number of benzene rings is 1. The van der Waals surface area contributed by atoms with E-state index in [9.17, 15) is 4.79 Å². The number of methoxy groups -OCH3 is 2. The second-order valence-electron chi connectivity index (χ2n) is 4.74. The Hall–Kier alpha value is -2.76. The molecule has 1 amide bonds. The summed E-state index contributed by atoms with van der Waals surface area (Å²) in [4.78, 5) is 16.3. The molecule has 122 valence electrons. The van der Waals surface area contributed by atoms with Crippen LogP contribution in [0.1, 0.15) is 12.6 Å². The first kappa shape index (κ1) is 16.6. The van der Waals surface area contributed by atoms with Crippen molar-refractivity contribution in [3.63, 3.8) is 0 Å². The predicted molar refractivity (Wildman–Crippen MR) is 87.3 cm³/mol. The first-order valence-electron chi connectivity index (χ1n) is 7.25. The summed E-state index contributed by atoms with van der Waals surface area (Å²) >= 11 is 0. The maximum atomic E-state index is 12.1. The number of ether oxygens (including phenoxy) is 3. The van der Waals surface area contributed by atoms with Gasteiger partial charge in [-0.05, 0) is 19.1 Å². The highest BCUT2D eigenvalue weighted by Gasteiger charge is 2.08. The Balaban J connectivity index is 2.01. The van der Waals surface area contributed by atoms with Crippen LogP contribution in [-0.2, 0) is 11.2 Å². The molecular formula is C17H20N2O4. The number of pyridine rings is 1. The van der Waals surface area contributed by atoms with Crippen LogP contribution in [0.2, 0.25) is 0 Å². The monoisotopic (exact) mass is 316 g/mol. The molecule has 0 aliphatic heterocycles. The molecule has 6 heteroatoms. The maximum absolute atomic E-state index is 12.1. The van der Waals surface area contributed by atoms with Gasteiger partial charge in [0, 0.05) is 29.6 Å². The highest BCUT2D eigenvalue weighted by Crippen LogP contribution is 2.25. The zero-order chi connectivity index (χ0) is 16.7. The summed E-state index contributed by atoms with van der Waals surface area (Å²) < 4.78 is 15.7. The fourth-order valence-electron chi connectivity index (χ4n) is 2.02. The van der Waals surface area contributed by atoms with Gasteiger partial charge >= 0.3 is 0 Å². The molecule has 1 aromatic heterocycles. The summed E-state index contributed by atoms with van der Waals surface area (Å²) in [5.74, 6) is 1.74. The molecule has 1 heterocycles. The second-order valence-corrected chi connectivity index (χ2v) is 4.74. The lowest BCUT2D eigenvalue weighted by molar-refractivity contribution is -0.115. The molecule has 23 heavy (non-hydrogen) atoms. The van der Waals surface area contributed by atoms with Crippen molar-refractivity contribution in [2.75, 3.05) is 26.1 Å². The summed E-state index contributed by atoms with van der Waals surface area (Å²) in [6.45, 7) is 2.49. The van der Waals surface area contributed by atoms with Crippen LogP contribution in [0.4, 0.5) is 5.69 Å². The van der Waals surface area contributed by atoms with Gasteiger partial charge in [0.05, 0.1) is 33.4 Å². The first-order chi connectivity index (χ1) is 11.1. The molecule has 0 saturated heterocycles. The third-order valence-electron chi connectivity index (χ3n) is 3.09. The summed E-state index contributed by atoms with van der Waals surface area (Å²) in [6, 6.07) is 8.77. The summed E-state index contributed by atoms with van der Waals surface area (Å²) in [7, 11) is 3.12. The lowest BCUT2D eigenvalue weighted by atomic mass is 10.2. The molecule has 0 fully saturated rings. The van der Waals surface area contributed by atoms with Crippen molar-refractivity contribution in [1.29, 1.82) is 0 Å². The van der Waals surface area contributed by atoms with Crippen molar-refractivity contribution in [3.05, 3.63) is 42.2 Å². The number of nitrogens with zero attached hydrogens (tertiary/aromatic N) is 1. The minimum absolute atomic E-state index is 0.169. The van der Waals surface area contributed by atoms with Gasteiger partial charge < -0.3 is 19.5 Å². The van der Waals surface area contributed by atoms with Gasteiger partial charge in [0.2, 0.25) is 5.91 Å². The number of carbonyl (C=O) groups excluding carboxylic acids is 1. The van der Waals surface area contributed by atoms with Crippen molar-refractivity contribution in [1.82, 2.24) is 4.98 Å². The van der Waals surface area contributed by atoms with E-state index in [1.165, 1.54) is 0 Å². The van der Waals surface area contributed by atoms with E-state index in [0.29, 0.717) is 35.2 Å². The Kier molecular flexibility index (Phi) is 5.80. The average Bonchev–Trinajstić information content (AvgIpc) is 2.56. The van der Waals surface area contributed by atoms with Crippen LogP contribution in [0, 0.1) is 0 Å². The lowest BCUT2D eigenvalue weighted by Gasteiger charge is -2.10. The standard InChI is InChI=1S/C17H20N2O4/c1-4-23-14-6-5-12(18-11-14)9-17(20)19-13-7-15(21-2)10-16(8-13)22-3/h5-8,10-11H,4,9H2,1-3H3,(H,19,20). The molecule has 0 aliphatic carbocycles. The van der Waals surface area contributed by atoms with E-state index in [2.05, 4.69) is 10.3 Å². The Labute approximate surface area is 135 Å². The quantitative estimate of drug-likeness (QED) is 0.850. The highest BCUT2D eigenvalue weighted by molar-refractivity contribution is 5.92. The van der Waals surface area contributed by atoms with Crippen LogP contribution >= 0.6 is 0 Å². The zero-order valence-corrected chi connectivity index (χ0v) is 13.5. The van der Waals surface area contributed by atoms with E-state index in [-0.39, 0.29) is 12.3 Å². The van der Waals surface area contributed by atoms with Gasteiger partial charge in [-0.2, -0.15) is 0 Å². The van der Waals surface area contributed by atoms with E-state index >= 15 is 0 Å². The topological polar surface area (TPSA) is 69.7 Å². The molecule has 0 unspecified atom stereocenters. The fraction of sp³-hybridized carbons (Fsp3) is 0.294. The maximum Gasteiger partial charge on any atom is 0.230 e. The van der Waals surface area contributed by atoms with Gasteiger partial charge in [0.15, 0.2) is 0 Å². The molecule has 0 radical (unpaired) electrons. The lowest BCUT2D eigenvalue weighted by Crippen LogP contribution is -2.15. The Morgan fingerprint density at radius 3 is 2.30 bits per heavy atom. The van der Waals surface area contributed by atoms with E-state index in [4.69, 9.17) is 14.2 Å².